The van der Waals surface area contributed by atoms with Gasteiger partial charge in [-0.1, -0.05) is 11.6 Å². The highest BCUT2D eigenvalue weighted by Crippen LogP contribution is 2.20. The molecular formula is C17H24ClN3O4S. The zero-order chi connectivity index (χ0) is 18.6. The molecule has 1 atom stereocenters. The summed E-state index contributed by atoms with van der Waals surface area (Å²) in [6.45, 7) is 2.83. The Labute approximate surface area is 159 Å². The lowest BCUT2D eigenvalue weighted by Gasteiger charge is -2.35. The molecule has 1 N–H and O–H groups in total. The Morgan fingerprint density at radius 3 is 2.50 bits per heavy atom. The van der Waals surface area contributed by atoms with Gasteiger partial charge in [0.2, 0.25) is 15.9 Å². The summed E-state index contributed by atoms with van der Waals surface area (Å²) in [6.07, 6.45) is 1.14. The van der Waals surface area contributed by atoms with Crippen LogP contribution in [0, 0.1) is 0 Å². The van der Waals surface area contributed by atoms with Crippen molar-refractivity contribution in [2.24, 2.45) is 0 Å². The second-order valence-electron chi connectivity index (χ2n) is 6.47. The van der Waals surface area contributed by atoms with Gasteiger partial charge in [0.15, 0.2) is 0 Å². The zero-order valence-electron chi connectivity index (χ0n) is 14.6. The number of ether oxygens (including phenoxy) is 1. The van der Waals surface area contributed by atoms with Crippen LogP contribution in [0.5, 0.6) is 0 Å². The number of hydrogen-bond donors (Lipinski definition) is 1. The summed E-state index contributed by atoms with van der Waals surface area (Å²) in [5, 5.41) is 3.35. The van der Waals surface area contributed by atoms with Crippen LogP contribution in [-0.2, 0) is 19.6 Å². The van der Waals surface area contributed by atoms with E-state index in [1.807, 2.05) is 24.3 Å². The first-order valence-corrected chi connectivity index (χ1v) is 10.8. The van der Waals surface area contributed by atoms with Crippen molar-refractivity contribution < 1.29 is 17.9 Å². The molecule has 9 heteroatoms. The molecule has 3 rings (SSSR count). The number of carbonyl (C=O) groups is 1. The minimum Gasteiger partial charge on any atom is -0.369 e. The minimum absolute atomic E-state index is 0.0909. The van der Waals surface area contributed by atoms with E-state index in [9.17, 15) is 13.2 Å². The van der Waals surface area contributed by atoms with Crippen LogP contribution in [0.15, 0.2) is 24.3 Å². The lowest BCUT2D eigenvalue weighted by atomic mass is 10.2. The average Bonchev–Trinajstić information content (AvgIpc) is 3.17. The molecule has 0 radical (unpaired) electrons. The molecule has 0 aliphatic carbocycles. The van der Waals surface area contributed by atoms with Crippen LogP contribution in [0.25, 0.3) is 0 Å². The van der Waals surface area contributed by atoms with Crippen molar-refractivity contribution in [1.29, 1.82) is 0 Å². The van der Waals surface area contributed by atoms with Gasteiger partial charge in [-0.05, 0) is 37.1 Å². The molecule has 0 aromatic heterocycles. The van der Waals surface area contributed by atoms with Crippen molar-refractivity contribution in [2.45, 2.75) is 18.9 Å². The highest BCUT2D eigenvalue weighted by molar-refractivity contribution is 7.89. The van der Waals surface area contributed by atoms with E-state index in [2.05, 4.69) is 10.2 Å². The molecule has 1 aromatic carbocycles. The van der Waals surface area contributed by atoms with E-state index in [1.54, 1.807) is 0 Å². The summed E-state index contributed by atoms with van der Waals surface area (Å²) >= 11 is 5.90. The molecule has 1 amide bonds. The third-order valence-corrected chi connectivity index (χ3v) is 6.83. The fourth-order valence-electron chi connectivity index (χ4n) is 3.21. The van der Waals surface area contributed by atoms with Crippen LogP contribution >= 0.6 is 11.6 Å². The fourth-order valence-corrected chi connectivity index (χ4v) is 4.67. The quantitative estimate of drug-likeness (QED) is 0.771. The van der Waals surface area contributed by atoms with E-state index in [-0.39, 0.29) is 18.2 Å². The maximum atomic E-state index is 12.5. The smallest absolute Gasteiger partial charge is 0.249 e. The molecule has 2 heterocycles. The number of benzene rings is 1. The lowest BCUT2D eigenvalue weighted by molar-refractivity contribution is -0.129. The first-order valence-electron chi connectivity index (χ1n) is 8.83. The Morgan fingerprint density at radius 1 is 1.19 bits per heavy atom. The Bertz CT molecular complexity index is 712. The van der Waals surface area contributed by atoms with Gasteiger partial charge in [0.05, 0.1) is 5.75 Å². The van der Waals surface area contributed by atoms with Gasteiger partial charge in [-0.25, -0.2) is 8.42 Å². The number of piperazine rings is 1. The van der Waals surface area contributed by atoms with Crippen molar-refractivity contribution in [1.82, 2.24) is 9.62 Å². The number of carbonyl (C=O) groups excluding carboxylic acids is 1. The molecule has 0 bridgehead atoms. The topological polar surface area (TPSA) is 79.0 Å². The maximum Gasteiger partial charge on any atom is 0.249 e. The van der Waals surface area contributed by atoms with Crippen LogP contribution in [-0.4, -0.2) is 69.8 Å². The largest absolute Gasteiger partial charge is 0.369 e. The first kappa shape index (κ1) is 19.4. The van der Waals surface area contributed by atoms with Crippen molar-refractivity contribution in [2.75, 3.05) is 50.0 Å². The van der Waals surface area contributed by atoms with Crippen molar-refractivity contribution in [3.05, 3.63) is 29.3 Å². The summed E-state index contributed by atoms with van der Waals surface area (Å²) in [5.41, 5.74) is 1.04. The van der Waals surface area contributed by atoms with Gasteiger partial charge in [-0.2, -0.15) is 4.31 Å². The fraction of sp³-hybridized carbons (Fsp3) is 0.588. The molecule has 26 heavy (non-hydrogen) atoms. The number of nitrogens with zero attached hydrogens (tertiary/aromatic N) is 2. The number of amides is 1. The molecule has 7 nitrogen and oxygen atoms in total. The van der Waals surface area contributed by atoms with Gasteiger partial charge in [-0.3, -0.25) is 4.79 Å². The van der Waals surface area contributed by atoms with Gasteiger partial charge >= 0.3 is 0 Å². The van der Waals surface area contributed by atoms with Crippen LogP contribution in [0.4, 0.5) is 5.69 Å². The lowest BCUT2D eigenvalue weighted by Crippen LogP contribution is -2.50. The molecule has 1 unspecified atom stereocenters. The van der Waals surface area contributed by atoms with E-state index in [1.165, 1.54) is 4.31 Å². The van der Waals surface area contributed by atoms with E-state index < -0.39 is 16.1 Å². The van der Waals surface area contributed by atoms with E-state index >= 15 is 0 Å². The summed E-state index contributed by atoms with van der Waals surface area (Å²) in [7, 11) is -3.38. The van der Waals surface area contributed by atoms with Crippen LogP contribution in [0.1, 0.15) is 12.8 Å². The van der Waals surface area contributed by atoms with Gasteiger partial charge in [0.25, 0.3) is 0 Å². The number of anilines is 1. The van der Waals surface area contributed by atoms with E-state index in [0.29, 0.717) is 44.2 Å². The highest BCUT2D eigenvalue weighted by atomic mass is 35.5. The third-order valence-electron chi connectivity index (χ3n) is 4.71. The molecule has 2 aliphatic rings. The summed E-state index contributed by atoms with van der Waals surface area (Å²) < 4.78 is 31.8. The second-order valence-corrected chi connectivity index (χ2v) is 9.00. The number of hydrogen-bond acceptors (Lipinski definition) is 5. The van der Waals surface area contributed by atoms with Crippen molar-refractivity contribution >= 4 is 33.2 Å². The molecule has 0 spiro atoms. The third kappa shape index (κ3) is 4.88. The van der Waals surface area contributed by atoms with E-state index in [4.69, 9.17) is 16.3 Å². The monoisotopic (exact) mass is 401 g/mol. The summed E-state index contributed by atoms with van der Waals surface area (Å²) in [6, 6.07) is 7.54. The van der Waals surface area contributed by atoms with Gasteiger partial charge < -0.3 is 15.0 Å². The predicted octanol–water partition coefficient (Wildman–Crippen LogP) is 1.09. The maximum absolute atomic E-state index is 12.5. The molecule has 2 saturated heterocycles. The Balaban J connectivity index is 1.45. The number of sulfonamides is 1. The molecular weight excluding hydrogens is 378 g/mol. The van der Waals surface area contributed by atoms with Crippen LogP contribution < -0.4 is 10.2 Å². The standard InChI is InChI=1S/C17H24ClN3O4S/c18-14-3-5-15(6-4-14)20-8-10-21(11-9-20)26(23,24)13-7-19-17(22)16-2-1-12-25-16/h3-6,16H,1-2,7-13H2,(H,19,22). The molecule has 2 aliphatic heterocycles. The van der Waals surface area contributed by atoms with Crippen LogP contribution in [0.2, 0.25) is 5.02 Å². The van der Waals surface area contributed by atoms with Gasteiger partial charge in [0, 0.05) is 50.0 Å². The van der Waals surface area contributed by atoms with E-state index in [0.717, 1.165) is 12.1 Å². The second kappa shape index (κ2) is 8.56. The van der Waals surface area contributed by atoms with Gasteiger partial charge in [-0.15, -0.1) is 0 Å². The van der Waals surface area contributed by atoms with Crippen LogP contribution in [0.3, 0.4) is 0 Å². The van der Waals surface area contributed by atoms with Crippen molar-refractivity contribution in [3.63, 3.8) is 0 Å². The Hall–Kier alpha value is -1.35. The first-order chi connectivity index (χ1) is 12.5. The van der Waals surface area contributed by atoms with Gasteiger partial charge in [0.1, 0.15) is 6.10 Å². The molecule has 2 fully saturated rings. The Kier molecular flexibility index (Phi) is 6.39. The highest BCUT2D eigenvalue weighted by Gasteiger charge is 2.28. The normalized spacial score (nSPS) is 21.7. The molecule has 0 saturated carbocycles. The summed E-state index contributed by atoms with van der Waals surface area (Å²) in [5.74, 6) is -0.308. The average molecular weight is 402 g/mol. The zero-order valence-corrected chi connectivity index (χ0v) is 16.1. The van der Waals surface area contributed by atoms with Crippen molar-refractivity contribution in [3.8, 4) is 0 Å². The number of rotatable bonds is 6. The number of halogens is 1. The Morgan fingerprint density at radius 2 is 1.88 bits per heavy atom. The predicted molar refractivity (Wildman–Crippen MR) is 101 cm³/mol. The molecule has 144 valence electrons. The minimum atomic E-state index is -3.38. The molecule has 1 aromatic rings. The SMILES string of the molecule is O=C(NCCS(=O)(=O)N1CCN(c2ccc(Cl)cc2)CC1)C1CCCO1. The summed E-state index contributed by atoms with van der Waals surface area (Å²) in [4.78, 5) is 14.0. The number of nitrogens with one attached hydrogen (secondary N) is 1.